The zero-order valence-electron chi connectivity index (χ0n) is 12.4. The molecule has 3 atom stereocenters. The molecule has 2 heterocycles. The molecule has 2 saturated carbocycles. The van der Waals surface area contributed by atoms with Gasteiger partial charge in [-0.1, -0.05) is 12.8 Å². The third kappa shape index (κ3) is 2.27. The lowest BCUT2D eigenvalue weighted by molar-refractivity contribution is -0.135. The van der Waals surface area contributed by atoms with Gasteiger partial charge in [-0.3, -0.25) is 4.79 Å². The maximum Gasteiger partial charge on any atom is 0.226 e. The molecule has 2 saturated heterocycles. The standard InChI is InChI=1S/C16H26N2O.ClH/c1-18(13-8-11-4-5-12(9-13)17-11)15(19)14-10-16(14)6-2-3-7-16;/h11-14,17H,2-10H2,1H3;1H. The van der Waals surface area contributed by atoms with Crippen LogP contribution in [0.3, 0.4) is 0 Å². The molecule has 2 aliphatic heterocycles. The molecular formula is C16H27ClN2O. The number of hydrogen-bond donors (Lipinski definition) is 1. The summed E-state index contributed by atoms with van der Waals surface area (Å²) in [6.07, 6.45) is 11.5. The van der Waals surface area contributed by atoms with E-state index in [1.54, 1.807) is 0 Å². The highest BCUT2D eigenvalue weighted by Crippen LogP contribution is 2.63. The van der Waals surface area contributed by atoms with Crippen molar-refractivity contribution in [1.29, 1.82) is 0 Å². The first-order valence-electron chi connectivity index (χ1n) is 8.21. The van der Waals surface area contributed by atoms with Crippen molar-refractivity contribution in [1.82, 2.24) is 10.2 Å². The quantitative estimate of drug-likeness (QED) is 0.850. The number of fused-ring (bicyclic) bond motifs is 2. The number of nitrogens with one attached hydrogen (secondary N) is 1. The van der Waals surface area contributed by atoms with Gasteiger partial charge in [-0.15, -0.1) is 12.4 Å². The first-order chi connectivity index (χ1) is 9.18. The Hall–Kier alpha value is -0.280. The Kier molecular flexibility index (Phi) is 3.79. The number of amides is 1. The van der Waals surface area contributed by atoms with E-state index in [0.29, 0.717) is 35.4 Å². The number of rotatable bonds is 2. The SMILES string of the molecule is CN(C(=O)C1CC12CCCC2)C1CC2CCC(C1)N2.Cl. The van der Waals surface area contributed by atoms with E-state index in [2.05, 4.69) is 17.3 Å². The Morgan fingerprint density at radius 2 is 1.75 bits per heavy atom. The van der Waals surface area contributed by atoms with Gasteiger partial charge in [0.2, 0.25) is 5.91 Å². The van der Waals surface area contributed by atoms with Gasteiger partial charge in [-0.05, 0) is 50.4 Å². The van der Waals surface area contributed by atoms with E-state index in [1.807, 2.05) is 0 Å². The predicted molar refractivity (Wildman–Crippen MR) is 82.0 cm³/mol. The minimum Gasteiger partial charge on any atom is -0.342 e. The average molecular weight is 299 g/mol. The largest absolute Gasteiger partial charge is 0.342 e. The average Bonchev–Trinajstić information content (AvgIpc) is 2.73. The fourth-order valence-electron chi connectivity index (χ4n) is 5.10. The molecule has 1 spiro atoms. The zero-order valence-corrected chi connectivity index (χ0v) is 13.3. The smallest absolute Gasteiger partial charge is 0.226 e. The highest BCUT2D eigenvalue weighted by Gasteiger charge is 2.59. The lowest BCUT2D eigenvalue weighted by atomic mass is 9.97. The third-order valence-corrected chi connectivity index (χ3v) is 6.43. The molecule has 4 fully saturated rings. The molecule has 114 valence electrons. The van der Waals surface area contributed by atoms with Gasteiger partial charge in [0.25, 0.3) is 0 Å². The van der Waals surface area contributed by atoms with Crippen molar-refractivity contribution in [2.45, 2.75) is 75.9 Å². The molecule has 4 heteroatoms. The molecule has 1 N–H and O–H groups in total. The van der Waals surface area contributed by atoms with Crippen LogP contribution in [0.2, 0.25) is 0 Å². The second-order valence-electron chi connectivity index (χ2n) is 7.54. The molecule has 2 aliphatic carbocycles. The fourth-order valence-corrected chi connectivity index (χ4v) is 5.10. The van der Waals surface area contributed by atoms with Crippen LogP contribution in [0.5, 0.6) is 0 Å². The van der Waals surface area contributed by atoms with E-state index in [1.165, 1.54) is 57.8 Å². The van der Waals surface area contributed by atoms with Crippen molar-refractivity contribution in [2.24, 2.45) is 11.3 Å². The minimum atomic E-state index is 0. The van der Waals surface area contributed by atoms with Crippen LogP contribution < -0.4 is 5.32 Å². The van der Waals surface area contributed by atoms with Crippen LogP contribution in [-0.4, -0.2) is 36.0 Å². The van der Waals surface area contributed by atoms with E-state index in [9.17, 15) is 4.79 Å². The Bertz CT molecular complexity index is 382. The summed E-state index contributed by atoms with van der Waals surface area (Å²) in [6.45, 7) is 0. The van der Waals surface area contributed by atoms with E-state index in [0.717, 1.165) is 0 Å². The summed E-state index contributed by atoms with van der Waals surface area (Å²) in [5.41, 5.74) is 0.456. The van der Waals surface area contributed by atoms with Gasteiger partial charge in [0.1, 0.15) is 0 Å². The maximum atomic E-state index is 12.7. The van der Waals surface area contributed by atoms with Crippen LogP contribution in [0.15, 0.2) is 0 Å². The molecule has 3 nitrogen and oxygen atoms in total. The van der Waals surface area contributed by atoms with Crippen molar-refractivity contribution < 1.29 is 4.79 Å². The summed E-state index contributed by atoms with van der Waals surface area (Å²) in [5.74, 6) is 0.848. The molecule has 20 heavy (non-hydrogen) atoms. The lowest BCUT2D eigenvalue weighted by Gasteiger charge is -2.36. The van der Waals surface area contributed by atoms with Crippen molar-refractivity contribution in [3.8, 4) is 0 Å². The van der Waals surface area contributed by atoms with Gasteiger partial charge in [0.05, 0.1) is 0 Å². The Morgan fingerprint density at radius 1 is 1.15 bits per heavy atom. The topological polar surface area (TPSA) is 32.3 Å². The van der Waals surface area contributed by atoms with Gasteiger partial charge < -0.3 is 10.2 Å². The van der Waals surface area contributed by atoms with Crippen LogP contribution >= 0.6 is 12.4 Å². The van der Waals surface area contributed by atoms with Crippen molar-refractivity contribution in [3.05, 3.63) is 0 Å². The summed E-state index contributed by atoms with van der Waals surface area (Å²) < 4.78 is 0. The summed E-state index contributed by atoms with van der Waals surface area (Å²) >= 11 is 0. The number of hydrogen-bond acceptors (Lipinski definition) is 2. The van der Waals surface area contributed by atoms with Gasteiger partial charge >= 0.3 is 0 Å². The van der Waals surface area contributed by atoms with Crippen LogP contribution in [-0.2, 0) is 4.79 Å². The number of halogens is 1. The van der Waals surface area contributed by atoms with Gasteiger partial charge in [0.15, 0.2) is 0 Å². The summed E-state index contributed by atoms with van der Waals surface area (Å²) in [4.78, 5) is 14.8. The van der Waals surface area contributed by atoms with Crippen LogP contribution in [0.25, 0.3) is 0 Å². The summed E-state index contributed by atoms with van der Waals surface area (Å²) in [7, 11) is 2.07. The molecule has 0 radical (unpaired) electrons. The molecule has 0 aromatic carbocycles. The van der Waals surface area contributed by atoms with Crippen LogP contribution in [0.1, 0.15) is 57.8 Å². The fraction of sp³-hybridized carbons (Fsp3) is 0.938. The monoisotopic (exact) mass is 298 g/mol. The van der Waals surface area contributed by atoms with E-state index in [-0.39, 0.29) is 12.4 Å². The lowest BCUT2D eigenvalue weighted by Crippen LogP contribution is -2.49. The number of carbonyl (C=O) groups excluding carboxylic acids is 1. The molecular weight excluding hydrogens is 272 g/mol. The van der Waals surface area contributed by atoms with Gasteiger partial charge in [-0.25, -0.2) is 0 Å². The number of carbonyl (C=O) groups is 1. The highest BCUT2D eigenvalue weighted by molar-refractivity contribution is 5.85. The maximum absolute atomic E-state index is 12.7. The third-order valence-electron chi connectivity index (χ3n) is 6.43. The predicted octanol–water partition coefficient (Wildman–Crippen LogP) is 2.73. The van der Waals surface area contributed by atoms with Crippen molar-refractivity contribution in [2.75, 3.05) is 7.05 Å². The molecule has 0 aromatic rings. The van der Waals surface area contributed by atoms with Crippen molar-refractivity contribution in [3.63, 3.8) is 0 Å². The second-order valence-corrected chi connectivity index (χ2v) is 7.54. The highest BCUT2D eigenvalue weighted by atomic mass is 35.5. The Morgan fingerprint density at radius 3 is 2.35 bits per heavy atom. The molecule has 1 amide bonds. The molecule has 4 rings (SSSR count). The first-order valence-corrected chi connectivity index (χ1v) is 8.21. The van der Waals surface area contributed by atoms with Crippen molar-refractivity contribution >= 4 is 18.3 Å². The normalized spacial score (nSPS) is 40.5. The molecule has 2 bridgehead atoms. The van der Waals surface area contributed by atoms with Gasteiger partial charge in [-0.2, -0.15) is 0 Å². The molecule has 4 aliphatic rings. The van der Waals surface area contributed by atoms with E-state index < -0.39 is 0 Å². The molecule has 0 aromatic heterocycles. The van der Waals surface area contributed by atoms with Crippen LogP contribution in [0.4, 0.5) is 0 Å². The van der Waals surface area contributed by atoms with E-state index in [4.69, 9.17) is 0 Å². The van der Waals surface area contributed by atoms with E-state index >= 15 is 0 Å². The first kappa shape index (κ1) is 14.6. The Balaban J connectivity index is 0.00000121. The number of piperidine rings is 1. The number of nitrogens with zero attached hydrogens (tertiary/aromatic N) is 1. The Labute approximate surface area is 128 Å². The second kappa shape index (κ2) is 5.17. The summed E-state index contributed by atoms with van der Waals surface area (Å²) in [6, 6.07) is 1.86. The minimum absolute atomic E-state index is 0. The van der Waals surface area contributed by atoms with Gasteiger partial charge in [0, 0.05) is 31.1 Å². The zero-order chi connectivity index (χ0) is 13.0. The van der Waals surface area contributed by atoms with Crippen LogP contribution in [0, 0.1) is 11.3 Å². The molecule has 3 unspecified atom stereocenters. The summed E-state index contributed by atoms with van der Waals surface area (Å²) in [5, 5.41) is 3.67.